The first-order chi connectivity index (χ1) is 13.6. The fourth-order valence-corrected chi connectivity index (χ4v) is 2.22. The van der Waals surface area contributed by atoms with E-state index in [0.29, 0.717) is 6.42 Å². The molecular weight excluding hydrogens is 400 g/mol. The molecule has 1 atom stereocenters. The third kappa shape index (κ3) is 7.77. The van der Waals surface area contributed by atoms with Crippen molar-refractivity contribution >= 4 is 36.5 Å². The minimum Gasteiger partial charge on any atom is -0.478 e. The molecule has 1 aromatic carbocycles. The maximum Gasteiger partial charge on any atom is 0.339 e. The highest BCUT2D eigenvalue weighted by Crippen LogP contribution is 2.22. The zero-order valence-electron chi connectivity index (χ0n) is 16.7. The van der Waals surface area contributed by atoms with Gasteiger partial charge in [0, 0.05) is 5.75 Å². The number of thiol groups is 1. The third-order valence-corrected chi connectivity index (χ3v) is 4.46. The molecule has 0 bridgehead atoms. The molecule has 0 aliphatic carbocycles. The molecule has 0 amide bonds. The van der Waals surface area contributed by atoms with Crippen LogP contribution in [0.5, 0.6) is 0 Å². The molecule has 0 heterocycles. The van der Waals surface area contributed by atoms with Gasteiger partial charge in [-0.15, -0.1) is 0 Å². The van der Waals surface area contributed by atoms with E-state index in [9.17, 15) is 24.3 Å². The van der Waals surface area contributed by atoms with E-state index in [-0.39, 0.29) is 36.5 Å². The Hall–Kier alpha value is -2.55. The second-order valence-corrected chi connectivity index (χ2v) is 7.32. The first-order valence-corrected chi connectivity index (χ1v) is 9.72. The highest BCUT2D eigenvalue weighted by molar-refractivity contribution is 7.80. The molecule has 0 aliphatic heterocycles. The molecule has 1 unspecified atom stereocenters. The fraction of sp³-hybridized carbons (Fsp3) is 0.500. The van der Waals surface area contributed by atoms with Crippen LogP contribution in [-0.4, -0.2) is 54.1 Å². The van der Waals surface area contributed by atoms with Crippen molar-refractivity contribution in [2.75, 3.05) is 19.0 Å². The molecule has 0 fully saturated rings. The monoisotopic (exact) mass is 426 g/mol. The van der Waals surface area contributed by atoms with Gasteiger partial charge in [0.25, 0.3) is 0 Å². The summed E-state index contributed by atoms with van der Waals surface area (Å²) >= 11 is 3.94. The topological polar surface area (TPSA) is 116 Å². The van der Waals surface area contributed by atoms with Crippen molar-refractivity contribution in [3.05, 3.63) is 35.4 Å². The lowest BCUT2D eigenvalue weighted by atomic mass is 9.91. The summed E-state index contributed by atoms with van der Waals surface area (Å²) in [6, 6.07) is 5.55. The Morgan fingerprint density at radius 1 is 1.07 bits per heavy atom. The Kier molecular flexibility index (Phi) is 9.67. The predicted octanol–water partition coefficient (Wildman–Crippen LogP) is 2.75. The van der Waals surface area contributed by atoms with Crippen LogP contribution >= 0.6 is 12.6 Å². The second kappa shape index (κ2) is 11.5. The average Bonchev–Trinajstić information content (AvgIpc) is 2.69. The van der Waals surface area contributed by atoms with E-state index in [4.69, 9.17) is 14.2 Å². The number of hydrogen-bond acceptors (Lipinski definition) is 8. The van der Waals surface area contributed by atoms with Crippen LogP contribution in [-0.2, 0) is 23.8 Å². The van der Waals surface area contributed by atoms with E-state index in [1.807, 2.05) is 6.92 Å². The van der Waals surface area contributed by atoms with E-state index in [2.05, 4.69) is 12.6 Å². The molecule has 0 radical (unpaired) electrons. The molecule has 1 rings (SSSR count). The molecular formula is C20H26O8S. The van der Waals surface area contributed by atoms with Gasteiger partial charge in [0.2, 0.25) is 0 Å². The number of rotatable bonds is 11. The summed E-state index contributed by atoms with van der Waals surface area (Å²) in [5.74, 6) is -2.97. The minimum atomic E-state index is -1.29. The molecule has 29 heavy (non-hydrogen) atoms. The maximum absolute atomic E-state index is 12.5. The van der Waals surface area contributed by atoms with E-state index >= 15 is 0 Å². The van der Waals surface area contributed by atoms with Crippen LogP contribution in [0.2, 0.25) is 0 Å². The van der Waals surface area contributed by atoms with Crippen LogP contribution in [0.15, 0.2) is 24.3 Å². The molecule has 160 valence electrons. The Balaban J connectivity index is 2.90. The maximum atomic E-state index is 12.5. The van der Waals surface area contributed by atoms with Gasteiger partial charge in [0.1, 0.15) is 13.2 Å². The van der Waals surface area contributed by atoms with E-state index < -0.39 is 35.4 Å². The predicted molar refractivity (Wildman–Crippen MR) is 107 cm³/mol. The van der Waals surface area contributed by atoms with Crippen LogP contribution < -0.4 is 0 Å². The Labute approximate surface area is 174 Å². The van der Waals surface area contributed by atoms with Gasteiger partial charge in [0.15, 0.2) is 6.10 Å². The summed E-state index contributed by atoms with van der Waals surface area (Å²) < 4.78 is 15.5. The number of hydrogen-bond donors (Lipinski definition) is 2. The van der Waals surface area contributed by atoms with Gasteiger partial charge in [-0.25, -0.2) is 9.59 Å². The van der Waals surface area contributed by atoms with Crippen molar-refractivity contribution in [2.45, 2.75) is 39.7 Å². The number of carboxylic acid groups (broad SMARTS) is 1. The van der Waals surface area contributed by atoms with Gasteiger partial charge in [0.05, 0.1) is 23.0 Å². The van der Waals surface area contributed by atoms with Crippen molar-refractivity contribution in [3.63, 3.8) is 0 Å². The zero-order valence-corrected chi connectivity index (χ0v) is 17.6. The number of aromatic carboxylic acids is 1. The van der Waals surface area contributed by atoms with Crippen molar-refractivity contribution in [1.29, 1.82) is 0 Å². The van der Waals surface area contributed by atoms with Crippen LogP contribution in [0.3, 0.4) is 0 Å². The van der Waals surface area contributed by atoms with Crippen molar-refractivity contribution in [2.24, 2.45) is 5.41 Å². The summed E-state index contributed by atoms with van der Waals surface area (Å²) in [5, 5.41) is 9.22. The van der Waals surface area contributed by atoms with Gasteiger partial charge in [-0.3, -0.25) is 9.59 Å². The fourth-order valence-electron chi connectivity index (χ4n) is 2.04. The summed E-state index contributed by atoms with van der Waals surface area (Å²) in [6.45, 7) is 4.59. The standard InChI is InChI=1S/C20H26O8S/c1-4-20(2,3)19(25)27-12-13(11-26-16(21)9-10-29)28-18(24)15-8-6-5-7-14(15)17(22)23/h5-8,13,29H,4,9-12H2,1-3H3,(H,22,23). The van der Waals surface area contributed by atoms with Crippen molar-refractivity contribution in [3.8, 4) is 0 Å². The highest BCUT2D eigenvalue weighted by atomic mass is 32.1. The average molecular weight is 426 g/mol. The van der Waals surface area contributed by atoms with E-state index in [1.165, 1.54) is 24.3 Å². The Morgan fingerprint density at radius 3 is 2.21 bits per heavy atom. The summed E-state index contributed by atoms with van der Waals surface area (Å²) in [6.07, 6.45) is -0.488. The van der Waals surface area contributed by atoms with Gasteiger partial charge >= 0.3 is 23.9 Å². The Morgan fingerprint density at radius 2 is 1.66 bits per heavy atom. The van der Waals surface area contributed by atoms with Crippen LogP contribution in [0.4, 0.5) is 0 Å². The largest absolute Gasteiger partial charge is 0.478 e. The molecule has 0 aliphatic rings. The number of esters is 3. The number of carbonyl (C=O) groups excluding carboxylic acids is 3. The second-order valence-electron chi connectivity index (χ2n) is 6.87. The molecule has 1 aromatic rings. The molecule has 8 nitrogen and oxygen atoms in total. The lowest BCUT2D eigenvalue weighted by molar-refractivity contribution is -0.160. The number of carboxylic acids is 1. The minimum absolute atomic E-state index is 0.0638. The smallest absolute Gasteiger partial charge is 0.339 e. The molecule has 1 N–H and O–H groups in total. The van der Waals surface area contributed by atoms with Crippen LogP contribution in [0.1, 0.15) is 54.3 Å². The first-order valence-electron chi connectivity index (χ1n) is 9.09. The number of carbonyl (C=O) groups is 4. The molecule has 9 heteroatoms. The first kappa shape index (κ1) is 24.5. The normalized spacial score (nSPS) is 12.0. The third-order valence-electron chi connectivity index (χ3n) is 4.23. The van der Waals surface area contributed by atoms with Gasteiger partial charge in [-0.1, -0.05) is 19.1 Å². The summed E-state index contributed by atoms with van der Waals surface area (Å²) in [4.78, 5) is 47.5. The molecule has 0 aromatic heterocycles. The zero-order chi connectivity index (χ0) is 22.0. The Bertz CT molecular complexity index is 744. The summed E-state index contributed by atoms with van der Waals surface area (Å²) in [7, 11) is 0. The molecule has 0 saturated carbocycles. The molecule has 0 spiro atoms. The van der Waals surface area contributed by atoms with Crippen molar-refractivity contribution in [1.82, 2.24) is 0 Å². The van der Waals surface area contributed by atoms with Gasteiger partial charge < -0.3 is 19.3 Å². The van der Waals surface area contributed by atoms with E-state index in [1.54, 1.807) is 13.8 Å². The van der Waals surface area contributed by atoms with E-state index in [0.717, 1.165) is 0 Å². The van der Waals surface area contributed by atoms with Crippen molar-refractivity contribution < 1.29 is 38.5 Å². The number of benzene rings is 1. The van der Waals surface area contributed by atoms with Gasteiger partial charge in [-0.05, 0) is 32.4 Å². The van der Waals surface area contributed by atoms with Gasteiger partial charge in [-0.2, -0.15) is 12.6 Å². The quantitative estimate of drug-likeness (QED) is 0.315. The summed E-state index contributed by atoms with van der Waals surface area (Å²) in [5.41, 5.74) is -1.12. The lowest BCUT2D eigenvalue weighted by Gasteiger charge is -2.23. The SMILES string of the molecule is CCC(C)(C)C(=O)OCC(COC(=O)CCS)OC(=O)c1ccccc1C(=O)O. The van der Waals surface area contributed by atoms with Crippen LogP contribution in [0, 0.1) is 5.41 Å². The lowest BCUT2D eigenvalue weighted by Crippen LogP contribution is -2.34. The highest BCUT2D eigenvalue weighted by Gasteiger charge is 2.29. The van der Waals surface area contributed by atoms with Crippen LogP contribution in [0.25, 0.3) is 0 Å². The molecule has 0 saturated heterocycles. The number of ether oxygens (including phenoxy) is 3.